The Morgan fingerprint density at radius 3 is 2.64 bits per heavy atom. The Morgan fingerprint density at radius 1 is 1.21 bits per heavy atom. The van der Waals surface area contributed by atoms with E-state index < -0.39 is 10.8 Å². The van der Waals surface area contributed by atoms with Crippen LogP contribution in [0.5, 0.6) is 0 Å². The van der Waals surface area contributed by atoms with Crippen LogP contribution in [0, 0.1) is 10.1 Å². The van der Waals surface area contributed by atoms with Gasteiger partial charge in [0.2, 0.25) is 0 Å². The third-order valence-electron chi connectivity index (χ3n) is 4.10. The number of rotatable bonds is 4. The number of nitro benzene ring substituents is 1. The van der Waals surface area contributed by atoms with Gasteiger partial charge in [0.1, 0.15) is 5.69 Å². The summed E-state index contributed by atoms with van der Waals surface area (Å²) in [5.41, 5.74) is 1.23. The Hall–Kier alpha value is -2.75. The summed E-state index contributed by atoms with van der Waals surface area (Å²) in [5, 5.41) is 17.3. The number of anilines is 2. The molecule has 2 aromatic carbocycles. The summed E-state index contributed by atoms with van der Waals surface area (Å²) < 4.78 is 5.29. The molecular weight excluding hydrogens is 404 g/mol. The van der Waals surface area contributed by atoms with Crippen molar-refractivity contribution in [3.8, 4) is 0 Å². The van der Waals surface area contributed by atoms with Gasteiger partial charge in [-0.1, -0.05) is 17.7 Å². The Morgan fingerprint density at radius 2 is 1.96 bits per heavy atom. The van der Waals surface area contributed by atoms with Gasteiger partial charge in [-0.25, -0.2) is 0 Å². The Kier molecular flexibility index (Phi) is 6.40. The maximum absolute atomic E-state index is 12.2. The fraction of sp³-hybridized carbons (Fsp3) is 0.222. The molecule has 0 bridgehead atoms. The van der Waals surface area contributed by atoms with E-state index in [-0.39, 0.29) is 10.8 Å². The van der Waals surface area contributed by atoms with Crippen molar-refractivity contribution in [3.63, 3.8) is 0 Å². The van der Waals surface area contributed by atoms with E-state index in [9.17, 15) is 14.9 Å². The van der Waals surface area contributed by atoms with Crippen molar-refractivity contribution < 1.29 is 14.5 Å². The van der Waals surface area contributed by atoms with Crippen LogP contribution in [0.4, 0.5) is 17.1 Å². The second kappa shape index (κ2) is 8.96. The molecule has 0 aromatic heterocycles. The third kappa shape index (κ3) is 4.94. The van der Waals surface area contributed by atoms with E-state index >= 15 is 0 Å². The summed E-state index contributed by atoms with van der Waals surface area (Å²) >= 11 is 11.0. The molecule has 2 aromatic rings. The van der Waals surface area contributed by atoms with Crippen LogP contribution < -0.4 is 15.5 Å². The molecule has 1 amide bonds. The highest BCUT2D eigenvalue weighted by molar-refractivity contribution is 7.80. The largest absolute Gasteiger partial charge is 0.378 e. The number of carbonyl (C=O) groups is 1. The average Bonchev–Trinajstić information content (AvgIpc) is 2.68. The van der Waals surface area contributed by atoms with E-state index in [1.807, 2.05) is 4.90 Å². The number of halogens is 1. The number of amides is 1. The molecule has 1 aliphatic heterocycles. The number of benzene rings is 2. The van der Waals surface area contributed by atoms with Gasteiger partial charge in [0.15, 0.2) is 5.11 Å². The van der Waals surface area contributed by atoms with E-state index in [1.54, 1.807) is 30.3 Å². The van der Waals surface area contributed by atoms with Crippen LogP contribution in [0.1, 0.15) is 10.4 Å². The number of nitrogens with zero attached hydrogens (tertiary/aromatic N) is 2. The highest BCUT2D eigenvalue weighted by Gasteiger charge is 2.22. The van der Waals surface area contributed by atoms with Crippen molar-refractivity contribution in [2.24, 2.45) is 0 Å². The van der Waals surface area contributed by atoms with Gasteiger partial charge < -0.3 is 15.0 Å². The Bertz CT molecular complexity index is 918. The van der Waals surface area contributed by atoms with Gasteiger partial charge in [0.05, 0.1) is 18.1 Å². The minimum absolute atomic E-state index is 0.0263. The predicted molar refractivity (Wildman–Crippen MR) is 111 cm³/mol. The van der Waals surface area contributed by atoms with Gasteiger partial charge in [-0.3, -0.25) is 20.2 Å². The molecule has 146 valence electrons. The third-order valence-corrected chi connectivity index (χ3v) is 4.53. The van der Waals surface area contributed by atoms with Crippen LogP contribution in [0.3, 0.4) is 0 Å². The number of nitrogens with one attached hydrogen (secondary N) is 2. The number of carbonyl (C=O) groups excluding carboxylic acids is 1. The quantitative estimate of drug-likeness (QED) is 0.445. The minimum Gasteiger partial charge on any atom is -0.378 e. The molecule has 2 N–H and O–H groups in total. The minimum atomic E-state index is -0.441. The zero-order valence-corrected chi connectivity index (χ0v) is 16.3. The molecule has 1 saturated heterocycles. The van der Waals surface area contributed by atoms with Crippen LogP contribution in [-0.2, 0) is 4.74 Å². The van der Waals surface area contributed by atoms with Gasteiger partial charge in [-0.2, -0.15) is 0 Å². The van der Waals surface area contributed by atoms with Gasteiger partial charge >= 0.3 is 0 Å². The standard InChI is InChI=1S/C18H17ClN4O4S/c19-13-3-1-2-12(10-13)17(24)21-18(28)20-14-4-5-15(16(11-14)23(25)26)22-6-8-27-9-7-22/h1-5,10-11H,6-9H2,(H2,20,21,24,28). The van der Waals surface area contributed by atoms with Crippen LogP contribution in [-0.4, -0.2) is 42.2 Å². The van der Waals surface area contributed by atoms with E-state index in [1.165, 1.54) is 12.1 Å². The number of morpholine rings is 1. The van der Waals surface area contributed by atoms with Gasteiger partial charge in [0, 0.05) is 35.4 Å². The lowest BCUT2D eigenvalue weighted by molar-refractivity contribution is -0.384. The molecule has 1 fully saturated rings. The summed E-state index contributed by atoms with van der Waals surface area (Å²) in [4.78, 5) is 25.2. The zero-order valence-electron chi connectivity index (χ0n) is 14.7. The molecule has 8 nitrogen and oxygen atoms in total. The lowest BCUT2D eigenvalue weighted by atomic mass is 10.2. The molecule has 0 atom stereocenters. The van der Waals surface area contributed by atoms with Crippen molar-refractivity contribution in [2.45, 2.75) is 0 Å². The second-order valence-electron chi connectivity index (χ2n) is 5.98. The van der Waals surface area contributed by atoms with Crippen LogP contribution in [0.2, 0.25) is 5.02 Å². The summed E-state index contributed by atoms with van der Waals surface area (Å²) in [7, 11) is 0. The van der Waals surface area contributed by atoms with Crippen LogP contribution >= 0.6 is 23.8 Å². The zero-order chi connectivity index (χ0) is 20.1. The molecule has 3 rings (SSSR count). The first-order valence-electron chi connectivity index (χ1n) is 8.43. The molecule has 0 radical (unpaired) electrons. The Balaban J connectivity index is 1.71. The number of nitro groups is 1. The highest BCUT2D eigenvalue weighted by Crippen LogP contribution is 2.31. The topological polar surface area (TPSA) is 96.7 Å². The SMILES string of the molecule is O=C(NC(=S)Nc1ccc(N2CCOCC2)c([N+](=O)[O-])c1)c1cccc(Cl)c1. The van der Waals surface area contributed by atoms with Crippen molar-refractivity contribution >= 4 is 51.9 Å². The number of ether oxygens (including phenoxy) is 1. The summed E-state index contributed by atoms with van der Waals surface area (Å²) in [6, 6.07) is 11.2. The monoisotopic (exact) mass is 420 g/mol. The molecule has 1 aliphatic rings. The van der Waals surface area contributed by atoms with E-state index in [4.69, 9.17) is 28.6 Å². The van der Waals surface area contributed by atoms with E-state index in [0.29, 0.717) is 48.3 Å². The number of hydrogen-bond donors (Lipinski definition) is 2. The van der Waals surface area contributed by atoms with Gasteiger partial charge in [0.25, 0.3) is 11.6 Å². The fourth-order valence-corrected chi connectivity index (χ4v) is 3.19. The molecular formula is C18H17ClN4O4S. The second-order valence-corrected chi connectivity index (χ2v) is 6.82. The fourth-order valence-electron chi connectivity index (χ4n) is 2.79. The summed E-state index contributed by atoms with van der Waals surface area (Å²) in [5.74, 6) is -0.431. The maximum atomic E-state index is 12.2. The van der Waals surface area contributed by atoms with Crippen LogP contribution in [0.25, 0.3) is 0 Å². The number of hydrogen-bond acceptors (Lipinski definition) is 6. The molecule has 0 spiro atoms. The molecule has 1 heterocycles. The molecule has 28 heavy (non-hydrogen) atoms. The first-order valence-corrected chi connectivity index (χ1v) is 9.22. The first-order chi connectivity index (χ1) is 13.4. The van der Waals surface area contributed by atoms with Crippen molar-refractivity contribution in [3.05, 3.63) is 63.2 Å². The highest BCUT2D eigenvalue weighted by atomic mass is 35.5. The Labute approximate surface area is 171 Å². The molecule has 0 saturated carbocycles. The maximum Gasteiger partial charge on any atom is 0.294 e. The summed E-state index contributed by atoms with van der Waals surface area (Å²) in [6.07, 6.45) is 0. The smallest absolute Gasteiger partial charge is 0.294 e. The van der Waals surface area contributed by atoms with E-state index in [0.717, 1.165) is 0 Å². The first kappa shape index (κ1) is 20.0. The average molecular weight is 421 g/mol. The van der Waals surface area contributed by atoms with Crippen LogP contribution in [0.15, 0.2) is 42.5 Å². The number of thiocarbonyl (C=S) groups is 1. The van der Waals surface area contributed by atoms with Gasteiger partial charge in [-0.05, 0) is 42.5 Å². The molecule has 10 heteroatoms. The molecule has 0 aliphatic carbocycles. The predicted octanol–water partition coefficient (Wildman–Crippen LogP) is 3.21. The normalized spacial score (nSPS) is 13.7. The van der Waals surface area contributed by atoms with E-state index in [2.05, 4.69) is 10.6 Å². The lowest BCUT2D eigenvalue weighted by Crippen LogP contribution is -2.36. The van der Waals surface area contributed by atoms with Gasteiger partial charge in [-0.15, -0.1) is 0 Å². The van der Waals surface area contributed by atoms with Crippen molar-refractivity contribution in [1.29, 1.82) is 0 Å². The molecule has 0 unspecified atom stereocenters. The van der Waals surface area contributed by atoms with Crippen molar-refractivity contribution in [1.82, 2.24) is 5.32 Å². The van der Waals surface area contributed by atoms with Crippen molar-refractivity contribution in [2.75, 3.05) is 36.5 Å². The summed E-state index contributed by atoms with van der Waals surface area (Å²) in [6.45, 7) is 2.22. The lowest BCUT2D eigenvalue weighted by Gasteiger charge is -2.28.